The molecule has 0 aliphatic rings. The molecule has 2 aromatic rings. The highest BCUT2D eigenvalue weighted by molar-refractivity contribution is 5.79. The molecular formula is C13H11NO. The molecule has 0 atom stereocenters. The maximum atomic E-state index is 5.45. The number of fused-ring (bicyclic) bond motifs is 1. The summed E-state index contributed by atoms with van der Waals surface area (Å²) in [5.41, 5.74) is 0.974. The van der Waals surface area contributed by atoms with Gasteiger partial charge in [-0.1, -0.05) is 18.2 Å². The van der Waals surface area contributed by atoms with E-state index in [1.54, 1.807) is 6.20 Å². The maximum absolute atomic E-state index is 5.45. The van der Waals surface area contributed by atoms with E-state index in [0.717, 1.165) is 16.7 Å². The molecule has 1 heterocycles. The highest BCUT2D eigenvalue weighted by atomic mass is 16.5. The average molecular weight is 197 g/mol. The van der Waals surface area contributed by atoms with Crippen molar-refractivity contribution in [2.24, 2.45) is 0 Å². The van der Waals surface area contributed by atoms with Crippen LogP contribution in [0.1, 0.15) is 6.42 Å². The minimum Gasteiger partial charge on any atom is -0.491 e. The van der Waals surface area contributed by atoms with Crippen LogP contribution in [0.25, 0.3) is 10.9 Å². The molecule has 0 spiro atoms. The Morgan fingerprint density at radius 1 is 1.33 bits per heavy atom. The van der Waals surface area contributed by atoms with Gasteiger partial charge in [-0.3, -0.25) is 4.98 Å². The van der Waals surface area contributed by atoms with E-state index >= 15 is 0 Å². The molecule has 0 aliphatic carbocycles. The van der Waals surface area contributed by atoms with Crippen LogP contribution < -0.4 is 4.74 Å². The Labute approximate surface area is 88.9 Å². The SMILES string of the molecule is C#CCCOc1cnc2ccccc2c1. The molecule has 0 N–H and O–H groups in total. The number of benzene rings is 1. The van der Waals surface area contributed by atoms with Gasteiger partial charge in [0.25, 0.3) is 0 Å². The predicted octanol–water partition coefficient (Wildman–Crippen LogP) is 2.64. The second kappa shape index (κ2) is 4.47. The van der Waals surface area contributed by atoms with Gasteiger partial charge in [0.2, 0.25) is 0 Å². The van der Waals surface area contributed by atoms with Crippen LogP contribution >= 0.6 is 0 Å². The fourth-order valence-corrected chi connectivity index (χ4v) is 1.36. The number of aromatic nitrogens is 1. The first kappa shape index (κ1) is 9.54. The Kier molecular flexibility index (Phi) is 2.85. The number of para-hydroxylation sites is 1. The molecule has 2 heteroatoms. The van der Waals surface area contributed by atoms with Crippen LogP contribution in [-0.4, -0.2) is 11.6 Å². The lowest BCUT2D eigenvalue weighted by molar-refractivity contribution is 0.326. The Balaban J connectivity index is 2.20. The second-order valence-corrected chi connectivity index (χ2v) is 3.17. The fraction of sp³-hybridized carbons (Fsp3) is 0.154. The zero-order valence-electron chi connectivity index (χ0n) is 8.31. The molecular weight excluding hydrogens is 186 g/mol. The summed E-state index contributed by atoms with van der Waals surface area (Å²) in [6.07, 6.45) is 7.48. The van der Waals surface area contributed by atoms with E-state index in [-0.39, 0.29) is 0 Å². The molecule has 0 aliphatic heterocycles. The lowest BCUT2D eigenvalue weighted by Crippen LogP contribution is -1.96. The lowest BCUT2D eigenvalue weighted by Gasteiger charge is -2.04. The van der Waals surface area contributed by atoms with Gasteiger partial charge < -0.3 is 4.74 Å². The number of rotatable bonds is 3. The molecule has 0 fully saturated rings. The minimum atomic E-state index is 0.538. The van der Waals surface area contributed by atoms with Gasteiger partial charge in [-0.05, 0) is 12.1 Å². The standard InChI is InChI=1S/C13H11NO/c1-2-3-8-15-12-9-11-6-4-5-7-13(11)14-10-12/h1,4-7,9-10H,3,8H2. The topological polar surface area (TPSA) is 22.1 Å². The number of hydrogen-bond acceptors (Lipinski definition) is 2. The summed E-state index contributed by atoms with van der Waals surface area (Å²) >= 11 is 0. The summed E-state index contributed by atoms with van der Waals surface area (Å²) in [6.45, 7) is 0.538. The van der Waals surface area contributed by atoms with Crippen molar-refractivity contribution in [1.29, 1.82) is 0 Å². The van der Waals surface area contributed by atoms with Gasteiger partial charge >= 0.3 is 0 Å². The number of hydrogen-bond donors (Lipinski definition) is 0. The maximum Gasteiger partial charge on any atom is 0.138 e. The average Bonchev–Trinajstić information content (AvgIpc) is 2.29. The van der Waals surface area contributed by atoms with E-state index in [2.05, 4.69) is 10.9 Å². The van der Waals surface area contributed by atoms with Crippen molar-refractivity contribution in [3.05, 3.63) is 36.5 Å². The van der Waals surface area contributed by atoms with E-state index < -0.39 is 0 Å². The molecule has 0 saturated heterocycles. The smallest absolute Gasteiger partial charge is 0.138 e. The summed E-state index contributed by atoms with van der Waals surface area (Å²) in [4.78, 5) is 4.28. The Morgan fingerprint density at radius 3 is 3.07 bits per heavy atom. The number of pyridine rings is 1. The van der Waals surface area contributed by atoms with Gasteiger partial charge in [0.15, 0.2) is 0 Å². The van der Waals surface area contributed by atoms with Crippen LogP contribution in [0.2, 0.25) is 0 Å². The van der Waals surface area contributed by atoms with Crippen molar-refractivity contribution >= 4 is 10.9 Å². The summed E-state index contributed by atoms with van der Waals surface area (Å²) in [6, 6.07) is 9.90. The van der Waals surface area contributed by atoms with Gasteiger partial charge in [-0.15, -0.1) is 12.3 Å². The molecule has 0 saturated carbocycles. The highest BCUT2D eigenvalue weighted by Crippen LogP contribution is 2.17. The third kappa shape index (κ3) is 2.26. The van der Waals surface area contributed by atoms with Gasteiger partial charge in [0.05, 0.1) is 18.3 Å². The van der Waals surface area contributed by atoms with E-state index in [4.69, 9.17) is 11.2 Å². The minimum absolute atomic E-state index is 0.538. The second-order valence-electron chi connectivity index (χ2n) is 3.17. The summed E-state index contributed by atoms with van der Waals surface area (Å²) in [5.74, 6) is 3.30. The molecule has 2 nitrogen and oxygen atoms in total. The Bertz CT molecular complexity index is 499. The van der Waals surface area contributed by atoms with Gasteiger partial charge in [0.1, 0.15) is 5.75 Å². The van der Waals surface area contributed by atoms with E-state index in [1.165, 1.54) is 0 Å². The molecule has 1 aromatic carbocycles. The number of terminal acetylenes is 1. The molecule has 2 rings (SSSR count). The normalized spacial score (nSPS) is 9.80. The van der Waals surface area contributed by atoms with Crippen molar-refractivity contribution in [3.63, 3.8) is 0 Å². The third-order valence-electron chi connectivity index (χ3n) is 2.08. The lowest BCUT2D eigenvalue weighted by atomic mass is 10.2. The van der Waals surface area contributed by atoms with Crippen molar-refractivity contribution in [3.8, 4) is 18.1 Å². The molecule has 0 amide bonds. The molecule has 1 aromatic heterocycles. The van der Waals surface area contributed by atoms with Crippen LogP contribution in [0.4, 0.5) is 0 Å². The van der Waals surface area contributed by atoms with Crippen molar-refractivity contribution in [2.75, 3.05) is 6.61 Å². The third-order valence-corrected chi connectivity index (χ3v) is 2.08. The highest BCUT2D eigenvalue weighted by Gasteiger charge is 1.97. The van der Waals surface area contributed by atoms with E-state index in [0.29, 0.717) is 13.0 Å². The van der Waals surface area contributed by atoms with Gasteiger partial charge in [-0.2, -0.15) is 0 Å². The quantitative estimate of drug-likeness (QED) is 0.557. The first-order valence-corrected chi connectivity index (χ1v) is 4.81. The Hall–Kier alpha value is -2.01. The molecule has 0 unspecified atom stereocenters. The largest absolute Gasteiger partial charge is 0.491 e. The van der Waals surface area contributed by atoms with Crippen LogP contribution in [0.15, 0.2) is 36.5 Å². The Morgan fingerprint density at radius 2 is 2.20 bits per heavy atom. The zero-order chi connectivity index (χ0) is 10.5. The van der Waals surface area contributed by atoms with Crippen molar-refractivity contribution in [2.45, 2.75) is 6.42 Å². The predicted molar refractivity (Wildman–Crippen MR) is 60.7 cm³/mol. The van der Waals surface area contributed by atoms with E-state index in [9.17, 15) is 0 Å². The summed E-state index contributed by atoms with van der Waals surface area (Å²) < 4.78 is 5.45. The molecule has 74 valence electrons. The van der Waals surface area contributed by atoms with E-state index in [1.807, 2.05) is 30.3 Å². The van der Waals surface area contributed by atoms with Crippen LogP contribution in [-0.2, 0) is 0 Å². The van der Waals surface area contributed by atoms with Gasteiger partial charge in [0, 0.05) is 11.8 Å². The zero-order valence-corrected chi connectivity index (χ0v) is 8.31. The molecule has 15 heavy (non-hydrogen) atoms. The molecule has 0 bridgehead atoms. The summed E-state index contributed by atoms with van der Waals surface area (Å²) in [7, 11) is 0. The fourth-order valence-electron chi connectivity index (χ4n) is 1.36. The first-order chi connectivity index (χ1) is 7.40. The first-order valence-electron chi connectivity index (χ1n) is 4.81. The van der Waals surface area contributed by atoms with Gasteiger partial charge in [-0.25, -0.2) is 0 Å². The van der Waals surface area contributed by atoms with Crippen LogP contribution in [0.5, 0.6) is 5.75 Å². The van der Waals surface area contributed by atoms with Crippen LogP contribution in [0.3, 0.4) is 0 Å². The monoisotopic (exact) mass is 197 g/mol. The van der Waals surface area contributed by atoms with Crippen LogP contribution in [0, 0.1) is 12.3 Å². The summed E-state index contributed by atoms with van der Waals surface area (Å²) in [5, 5.41) is 1.08. The van der Waals surface area contributed by atoms with Crippen molar-refractivity contribution in [1.82, 2.24) is 4.98 Å². The molecule has 0 radical (unpaired) electrons. The number of nitrogens with zero attached hydrogens (tertiary/aromatic N) is 1. The van der Waals surface area contributed by atoms with Crippen molar-refractivity contribution < 1.29 is 4.74 Å². The number of ether oxygens (including phenoxy) is 1.